The van der Waals surface area contributed by atoms with Crippen LogP contribution in [-0.2, 0) is 4.79 Å². The molecule has 1 rings (SSSR count). The SMILES string of the molecule is COc1ccc(C#CCCC(C)=O)cc1. The molecule has 0 aliphatic heterocycles. The van der Waals surface area contributed by atoms with Crippen molar-refractivity contribution < 1.29 is 9.53 Å². The smallest absolute Gasteiger partial charge is 0.130 e. The Morgan fingerprint density at radius 1 is 1.33 bits per heavy atom. The van der Waals surface area contributed by atoms with Crippen molar-refractivity contribution in [3.63, 3.8) is 0 Å². The topological polar surface area (TPSA) is 26.3 Å². The van der Waals surface area contributed by atoms with Gasteiger partial charge in [-0.05, 0) is 31.2 Å². The fourth-order valence-electron chi connectivity index (χ4n) is 1.08. The summed E-state index contributed by atoms with van der Waals surface area (Å²) >= 11 is 0. The number of rotatable bonds is 3. The van der Waals surface area contributed by atoms with E-state index in [1.165, 1.54) is 0 Å². The van der Waals surface area contributed by atoms with Crippen LogP contribution in [0.2, 0.25) is 0 Å². The zero-order chi connectivity index (χ0) is 11.1. The molecule has 2 nitrogen and oxygen atoms in total. The van der Waals surface area contributed by atoms with Gasteiger partial charge in [-0.15, -0.1) is 0 Å². The highest BCUT2D eigenvalue weighted by Gasteiger charge is 1.90. The number of carbonyl (C=O) groups is 1. The minimum absolute atomic E-state index is 0.180. The van der Waals surface area contributed by atoms with Crippen LogP contribution in [0.5, 0.6) is 5.75 Å². The Balaban J connectivity index is 2.52. The maximum atomic E-state index is 10.7. The molecule has 0 radical (unpaired) electrons. The second-order valence-electron chi connectivity index (χ2n) is 3.23. The van der Waals surface area contributed by atoms with Gasteiger partial charge in [-0.3, -0.25) is 4.79 Å². The number of hydrogen-bond donors (Lipinski definition) is 0. The highest BCUT2D eigenvalue weighted by molar-refractivity contribution is 5.75. The van der Waals surface area contributed by atoms with E-state index in [1.54, 1.807) is 14.0 Å². The van der Waals surface area contributed by atoms with Crippen LogP contribution in [0.15, 0.2) is 24.3 Å². The third-order valence-corrected chi connectivity index (χ3v) is 1.92. The zero-order valence-corrected chi connectivity index (χ0v) is 9.04. The Morgan fingerprint density at radius 2 is 2.00 bits per heavy atom. The standard InChI is InChI=1S/C13H14O2/c1-11(14)5-3-4-6-12-7-9-13(15-2)10-8-12/h7-10H,3,5H2,1-2H3. The van der Waals surface area contributed by atoms with Crippen LogP contribution in [0.3, 0.4) is 0 Å². The number of benzene rings is 1. The predicted molar refractivity (Wildman–Crippen MR) is 59.8 cm³/mol. The number of ether oxygens (including phenoxy) is 1. The Morgan fingerprint density at radius 3 is 2.53 bits per heavy atom. The Bertz CT molecular complexity index is 379. The van der Waals surface area contributed by atoms with Gasteiger partial charge in [0.25, 0.3) is 0 Å². The third-order valence-electron chi connectivity index (χ3n) is 1.92. The first-order valence-electron chi connectivity index (χ1n) is 4.84. The molecular weight excluding hydrogens is 188 g/mol. The Kier molecular flexibility index (Phi) is 4.43. The lowest BCUT2D eigenvalue weighted by Gasteiger charge is -1.97. The largest absolute Gasteiger partial charge is 0.497 e. The average Bonchev–Trinajstić information content (AvgIpc) is 2.25. The van der Waals surface area contributed by atoms with Crippen LogP contribution in [0.1, 0.15) is 25.3 Å². The summed E-state index contributed by atoms with van der Waals surface area (Å²) in [6.45, 7) is 1.58. The molecule has 0 spiro atoms. The molecule has 0 aromatic heterocycles. The number of Topliss-reactive ketones (excluding diaryl/α,β-unsaturated/α-hetero) is 1. The number of carbonyl (C=O) groups excluding carboxylic acids is 1. The summed E-state index contributed by atoms with van der Waals surface area (Å²) in [4.78, 5) is 10.7. The van der Waals surface area contributed by atoms with E-state index in [9.17, 15) is 4.79 Å². The average molecular weight is 202 g/mol. The fourth-order valence-corrected chi connectivity index (χ4v) is 1.08. The van der Waals surface area contributed by atoms with E-state index in [0.29, 0.717) is 12.8 Å². The first-order valence-corrected chi connectivity index (χ1v) is 4.84. The van der Waals surface area contributed by atoms with Gasteiger partial charge in [-0.25, -0.2) is 0 Å². The van der Waals surface area contributed by atoms with Gasteiger partial charge >= 0.3 is 0 Å². The van der Waals surface area contributed by atoms with Gasteiger partial charge in [0.05, 0.1) is 7.11 Å². The molecule has 78 valence electrons. The third kappa shape index (κ3) is 4.33. The molecule has 1 aromatic rings. The summed E-state index contributed by atoms with van der Waals surface area (Å²) in [6, 6.07) is 7.54. The molecule has 2 heteroatoms. The highest BCUT2D eigenvalue weighted by Crippen LogP contribution is 2.10. The van der Waals surface area contributed by atoms with Gasteiger partial charge in [-0.1, -0.05) is 11.8 Å². The van der Waals surface area contributed by atoms with Crippen LogP contribution in [-0.4, -0.2) is 12.9 Å². The van der Waals surface area contributed by atoms with E-state index in [4.69, 9.17) is 4.74 Å². The number of methoxy groups -OCH3 is 1. The lowest BCUT2D eigenvalue weighted by molar-refractivity contribution is -0.116. The summed E-state index contributed by atoms with van der Waals surface area (Å²) < 4.78 is 5.03. The van der Waals surface area contributed by atoms with E-state index in [1.807, 2.05) is 24.3 Å². The second-order valence-corrected chi connectivity index (χ2v) is 3.23. The van der Waals surface area contributed by atoms with Crippen molar-refractivity contribution in [2.75, 3.05) is 7.11 Å². The summed E-state index contributed by atoms with van der Waals surface area (Å²) in [7, 11) is 1.63. The predicted octanol–water partition coefficient (Wildman–Crippen LogP) is 2.42. The molecule has 0 aliphatic carbocycles. The van der Waals surface area contributed by atoms with Gasteiger partial charge in [-0.2, -0.15) is 0 Å². The first kappa shape index (κ1) is 11.3. The summed E-state index contributed by atoms with van der Waals surface area (Å²) in [6.07, 6.45) is 1.16. The minimum atomic E-state index is 0.180. The summed E-state index contributed by atoms with van der Waals surface area (Å²) in [5, 5.41) is 0. The van der Waals surface area contributed by atoms with Crippen molar-refractivity contribution in [1.82, 2.24) is 0 Å². The van der Waals surface area contributed by atoms with E-state index >= 15 is 0 Å². The lowest BCUT2D eigenvalue weighted by Crippen LogP contribution is -1.86. The maximum absolute atomic E-state index is 10.7. The van der Waals surface area contributed by atoms with E-state index in [0.717, 1.165) is 11.3 Å². The molecule has 0 unspecified atom stereocenters. The molecule has 0 heterocycles. The van der Waals surface area contributed by atoms with Gasteiger partial charge in [0.15, 0.2) is 0 Å². The van der Waals surface area contributed by atoms with Crippen LogP contribution in [0, 0.1) is 11.8 Å². The van der Waals surface area contributed by atoms with Gasteiger partial charge in [0.2, 0.25) is 0 Å². The van der Waals surface area contributed by atoms with Crippen molar-refractivity contribution in [2.45, 2.75) is 19.8 Å². The number of ketones is 1. The van der Waals surface area contributed by atoms with E-state index in [2.05, 4.69) is 11.8 Å². The minimum Gasteiger partial charge on any atom is -0.497 e. The molecule has 0 fully saturated rings. The van der Waals surface area contributed by atoms with Crippen molar-refractivity contribution in [3.8, 4) is 17.6 Å². The zero-order valence-electron chi connectivity index (χ0n) is 9.04. The first-order chi connectivity index (χ1) is 7.22. The highest BCUT2D eigenvalue weighted by atomic mass is 16.5. The summed E-state index contributed by atoms with van der Waals surface area (Å²) in [5.41, 5.74) is 0.944. The van der Waals surface area contributed by atoms with Crippen LogP contribution in [0.25, 0.3) is 0 Å². The monoisotopic (exact) mass is 202 g/mol. The normalized spacial score (nSPS) is 8.93. The van der Waals surface area contributed by atoms with Crippen molar-refractivity contribution in [1.29, 1.82) is 0 Å². The van der Waals surface area contributed by atoms with Crippen LogP contribution < -0.4 is 4.74 Å². The van der Waals surface area contributed by atoms with Crippen LogP contribution in [0.4, 0.5) is 0 Å². The molecule has 1 aromatic carbocycles. The molecule has 15 heavy (non-hydrogen) atoms. The molecule has 0 amide bonds. The van der Waals surface area contributed by atoms with Crippen molar-refractivity contribution in [3.05, 3.63) is 29.8 Å². The molecular formula is C13H14O2. The lowest BCUT2D eigenvalue weighted by atomic mass is 10.2. The maximum Gasteiger partial charge on any atom is 0.130 e. The Hall–Kier alpha value is -1.75. The van der Waals surface area contributed by atoms with Crippen LogP contribution >= 0.6 is 0 Å². The fraction of sp³-hybridized carbons (Fsp3) is 0.308. The van der Waals surface area contributed by atoms with Gasteiger partial charge < -0.3 is 4.74 Å². The quantitative estimate of drug-likeness (QED) is 0.703. The van der Waals surface area contributed by atoms with Crippen molar-refractivity contribution >= 4 is 5.78 Å². The van der Waals surface area contributed by atoms with E-state index < -0.39 is 0 Å². The molecule has 0 N–H and O–H groups in total. The van der Waals surface area contributed by atoms with E-state index in [-0.39, 0.29) is 5.78 Å². The number of hydrogen-bond acceptors (Lipinski definition) is 2. The molecule has 0 saturated carbocycles. The Labute approximate surface area is 90.3 Å². The van der Waals surface area contributed by atoms with Gasteiger partial charge in [0.1, 0.15) is 11.5 Å². The molecule has 0 bridgehead atoms. The molecule has 0 aliphatic rings. The molecule has 0 atom stereocenters. The summed E-state index contributed by atoms with van der Waals surface area (Å²) in [5.74, 6) is 6.96. The molecule has 0 saturated heterocycles. The second kappa shape index (κ2) is 5.87. The van der Waals surface area contributed by atoms with Crippen molar-refractivity contribution in [2.24, 2.45) is 0 Å². The van der Waals surface area contributed by atoms with Gasteiger partial charge in [0, 0.05) is 18.4 Å².